The molecule has 0 saturated heterocycles. The van der Waals surface area contributed by atoms with Crippen molar-refractivity contribution in [2.75, 3.05) is 6.61 Å². The summed E-state index contributed by atoms with van der Waals surface area (Å²) in [5.41, 5.74) is -2.73. The maximum Gasteiger partial charge on any atom is 0.294 e. The molecule has 10 heteroatoms. The SMILES string of the molecule is O=S(=O)(O)[C@@H](O)[C@H](O)[C@@H](O)[C@H](O)[C@H](O)CO. The van der Waals surface area contributed by atoms with Crippen LogP contribution in [0.4, 0.5) is 0 Å². The quantitative estimate of drug-likeness (QED) is 0.233. The van der Waals surface area contributed by atoms with E-state index in [9.17, 15) is 8.42 Å². The fraction of sp³-hybridized carbons (Fsp3) is 1.00. The maximum atomic E-state index is 10.4. The van der Waals surface area contributed by atoms with Gasteiger partial charge in [-0.2, -0.15) is 8.42 Å². The second-order valence-corrected chi connectivity index (χ2v) is 4.64. The highest BCUT2D eigenvalue weighted by molar-refractivity contribution is 7.86. The van der Waals surface area contributed by atoms with Crippen molar-refractivity contribution in [2.24, 2.45) is 0 Å². The monoisotopic (exact) mass is 262 g/mol. The van der Waals surface area contributed by atoms with Gasteiger partial charge in [0.2, 0.25) is 5.44 Å². The normalized spacial score (nSPS) is 22.2. The molecule has 7 N–H and O–H groups in total. The first-order valence-electron chi connectivity index (χ1n) is 4.10. The molecule has 0 radical (unpaired) electrons. The Hall–Kier alpha value is -0.330. The van der Waals surface area contributed by atoms with Gasteiger partial charge in [-0.3, -0.25) is 4.55 Å². The number of aliphatic hydroxyl groups excluding tert-OH is 6. The molecule has 0 aromatic carbocycles. The van der Waals surface area contributed by atoms with Crippen molar-refractivity contribution in [3.63, 3.8) is 0 Å². The van der Waals surface area contributed by atoms with Crippen LogP contribution >= 0.6 is 0 Å². The first-order valence-corrected chi connectivity index (χ1v) is 5.60. The predicted octanol–water partition coefficient (Wildman–Crippen LogP) is -4.37. The number of hydrogen-bond donors (Lipinski definition) is 7. The Bertz CT molecular complexity index is 301. The summed E-state index contributed by atoms with van der Waals surface area (Å²) in [6.45, 7) is -0.951. The van der Waals surface area contributed by atoms with Gasteiger partial charge in [-0.25, -0.2) is 0 Å². The van der Waals surface area contributed by atoms with E-state index in [1.807, 2.05) is 0 Å². The van der Waals surface area contributed by atoms with Gasteiger partial charge in [0.25, 0.3) is 10.1 Å². The zero-order valence-electron chi connectivity index (χ0n) is 7.95. The van der Waals surface area contributed by atoms with E-state index in [1.54, 1.807) is 0 Å². The lowest BCUT2D eigenvalue weighted by Gasteiger charge is -2.27. The number of hydrogen-bond acceptors (Lipinski definition) is 8. The van der Waals surface area contributed by atoms with Gasteiger partial charge in [-0.15, -0.1) is 0 Å². The molecule has 0 heterocycles. The Labute approximate surface area is 91.0 Å². The zero-order valence-corrected chi connectivity index (χ0v) is 8.77. The van der Waals surface area contributed by atoms with Crippen molar-refractivity contribution in [1.29, 1.82) is 0 Å². The average Bonchev–Trinajstić information content (AvgIpc) is 2.22. The largest absolute Gasteiger partial charge is 0.394 e. The molecule has 0 fully saturated rings. The van der Waals surface area contributed by atoms with Gasteiger partial charge in [-0.1, -0.05) is 0 Å². The van der Waals surface area contributed by atoms with E-state index in [1.165, 1.54) is 0 Å². The van der Waals surface area contributed by atoms with Crippen LogP contribution in [0.3, 0.4) is 0 Å². The lowest BCUT2D eigenvalue weighted by molar-refractivity contribution is -0.129. The Kier molecular flexibility index (Phi) is 5.72. The van der Waals surface area contributed by atoms with Crippen LogP contribution < -0.4 is 0 Å². The van der Waals surface area contributed by atoms with E-state index >= 15 is 0 Å². The molecule has 0 rings (SSSR count). The molecular weight excluding hydrogens is 248 g/mol. The van der Waals surface area contributed by atoms with Gasteiger partial charge >= 0.3 is 0 Å². The van der Waals surface area contributed by atoms with Crippen LogP contribution in [0.2, 0.25) is 0 Å². The lowest BCUT2D eigenvalue weighted by atomic mass is 10.0. The Balaban J connectivity index is 4.67. The predicted molar refractivity (Wildman–Crippen MR) is 48.7 cm³/mol. The van der Waals surface area contributed by atoms with Gasteiger partial charge in [-0.05, 0) is 0 Å². The van der Waals surface area contributed by atoms with Gasteiger partial charge in [0.05, 0.1) is 6.61 Å². The van der Waals surface area contributed by atoms with Crippen molar-refractivity contribution >= 4 is 10.1 Å². The molecule has 0 aromatic rings. The molecule has 5 atom stereocenters. The summed E-state index contributed by atoms with van der Waals surface area (Å²) < 4.78 is 29.1. The fourth-order valence-corrected chi connectivity index (χ4v) is 1.40. The van der Waals surface area contributed by atoms with Crippen molar-refractivity contribution in [2.45, 2.75) is 29.9 Å². The second-order valence-electron chi connectivity index (χ2n) is 3.13. The summed E-state index contributed by atoms with van der Waals surface area (Å²) in [5.74, 6) is 0. The second kappa shape index (κ2) is 5.84. The van der Waals surface area contributed by atoms with Crippen LogP contribution in [-0.4, -0.2) is 80.1 Å². The van der Waals surface area contributed by atoms with Gasteiger partial charge in [0.15, 0.2) is 0 Å². The van der Waals surface area contributed by atoms with Crippen molar-refractivity contribution < 1.29 is 43.6 Å². The van der Waals surface area contributed by atoms with Gasteiger partial charge in [0, 0.05) is 0 Å². The minimum atomic E-state index is -5.02. The number of aliphatic hydroxyl groups is 6. The summed E-state index contributed by atoms with van der Waals surface area (Å²) in [6, 6.07) is 0. The summed E-state index contributed by atoms with van der Waals surface area (Å²) >= 11 is 0. The third-order valence-corrected chi connectivity index (χ3v) is 2.77. The molecule has 0 aliphatic heterocycles. The molecule has 0 aliphatic carbocycles. The lowest BCUT2D eigenvalue weighted by Crippen LogP contribution is -2.51. The summed E-state index contributed by atoms with van der Waals surface area (Å²) in [7, 11) is -5.02. The van der Waals surface area contributed by atoms with Crippen LogP contribution in [0.5, 0.6) is 0 Å². The molecule has 0 spiro atoms. The summed E-state index contributed by atoms with van der Waals surface area (Å²) in [5, 5.41) is 53.3. The van der Waals surface area contributed by atoms with E-state index in [-0.39, 0.29) is 0 Å². The van der Waals surface area contributed by atoms with Crippen molar-refractivity contribution in [3.05, 3.63) is 0 Å². The van der Waals surface area contributed by atoms with Gasteiger partial charge < -0.3 is 30.6 Å². The standard InChI is InChI=1S/C6H14O9S/c7-1-2(8)3(9)4(10)5(11)6(12)16(13,14)15/h2-12H,1H2,(H,13,14,15)/t2-,3-,4+,5-,6-/m1/s1. The molecular formula is C6H14O9S. The molecule has 16 heavy (non-hydrogen) atoms. The Morgan fingerprint density at radius 1 is 0.875 bits per heavy atom. The molecule has 0 bridgehead atoms. The first-order chi connectivity index (χ1) is 7.12. The highest BCUT2D eigenvalue weighted by atomic mass is 32.2. The Morgan fingerprint density at radius 2 is 1.31 bits per heavy atom. The molecule has 98 valence electrons. The van der Waals surface area contributed by atoms with Gasteiger partial charge in [0.1, 0.15) is 24.4 Å². The van der Waals surface area contributed by atoms with E-state index < -0.39 is 46.6 Å². The van der Waals surface area contributed by atoms with E-state index in [4.69, 9.17) is 35.2 Å². The van der Waals surface area contributed by atoms with Crippen LogP contribution in [-0.2, 0) is 10.1 Å². The topological polar surface area (TPSA) is 176 Å². The highest BCUT2D eigenvalue weighted by Gasteiger charge is 2.39. The minimum absolute atomic E-state index is 0.951. The molecule has 0 unspecified atom stereocenters. The fourth-order valence-electron chi connectivity index (χ4n) is 0.882. The maximum absolute atomic E-state index is 10.4. The molecule has 0 aromatic heterocycles. The smallest absolute Gasteiger partial charge is 0.294 e. The molecule has 0 amide bonds. The van der Waals surface area contributed by atoms with Crippen LogP contribution in [0.1, 0.15) is 0 Å². The Morgan fingerprint density at radius 3 is 1.62 bits per heavy atom. The van der Waals surface area contributed by atoms with E-state index in [2.05, 4.69) is 0 Å². The van der Waals surface area contributed by atoms with Crippen LogP contribution in [0, 0.1) is 0 Å². The van der Waals surface area contributed by atoms with E-state index in [0.29, 0.717) is 0 Å². The summed E-state index contributed by atoms with van der Waals surface area (Å²) in [6.07, 6.45) is -8.63. The van der Waals surface area contributed by atoms with Crippen molar-refractivity contribution in [1.82, 2.24) is 0 Å². The van der Waals surface area contributed by atoms with E-state index in [0.717, 1.165) is 0 Å². The molecule has 0 saturated carbocycles. The minimum Gasteiger partial charge on any atom is -0.394 e. The third kappa shape index (κ3) is 3.92. The highest BCUT2D eigenvalue weighted by Crippen LogP contribution is 2.11. The number of rotatable bonds is 6. The first kappa shape index (κ1) is 15.7. The third-order valence-electron chi connectivity index (χ3n) is 1.88. The molecule has 0 aliphatic rings. The zero-order chi connectivity index (χ0) is 13.1. The van der Waals surface area contributed by atoms with Crippen molar-refractivity contribution in [3.8, 4) is 0 Å². The van der Waals surface area contributed by atoms with Crippen LogP contribution in [0.25, 0.3) is 0 Å². The average molecular weight is 262 g/mol. The van der Waals surface area contributed by atoms with Crippen LogP contribution in [0.15, 0.2) is 0 Å². The molecule has 9 nitrogen and oxygen atoms in total. The summed E-state index contributed by atoms with van der Waals surface area (Å²) in [4.78, 5) is 0.